The van der Waals surface area contributed by atoms with E-state index in [2.05, 4.69) is 29.3 Å². The lowest BCUT2D eigenvalue weighted by molar-refractivity contribution is -0.139. The van der Waals surface area contributed by atoms with Gasteiger partial charge in [0.2, 0.25) is 0 Å². The molecule has 31 heavy (non-hydrogen) atoms. The van der Waals surface area contributed by atoms with Gasteiger partial charge in [0.05, 0.1) is 6.26 Å². The number of carboxylic acid groups (broad SMARTS) is 1. The molecule has 0 saturated heterocycles. The van der Waals surface area contributed by atoms with Crippen LogP contribution in [-0.2, 0) is 14.3 Å². The number of amides is 1. The van der Waals surface area contributed by atoms with E-state index in [4.69, 9.17) is 9.47 Å². The van der Waals surface area contributed by atoms with E-state index in [-0.39, 0.29) is 12.5 Å². The number of carboxylic acids is 1. The Kier molecular flexibility index (Phi) is 8.06. The van der Waals surface area contributed by atoms with Gasteiger partial charge in [-0.15, -0.1) is 0 Å². The molecule has 1 aliphatic carbocycles. The first kappa shape index (κ1) is 22.4. The lowest BCUT2D eigenvalue weighted by atomic mass is 9.98. The Morgan fingerprint density at radius 2 is 1.71 bits per heavy atom. The van der Waals surface area contributed by atoms with Crippen LogP contribution in [0.1, 0.15) is 36.3 Å². The number of alkyl carbamates (subject to hydrolysis) is 1. The van der Waals surface area contributed by atoms with E-state index in [0.717, 1.165) is 28.7 Å². The van der Waals surface area contributed by atoms with Crippen LogP contribution < -0.4 is 10.6 Å². The minimum atomic E-state index is -1.07. The van der Waals surface area contributed by atoms with Crippen molar-refractivity contribution in [3.63, 3.8) is 0 Å². The average Bonchev–Trinajstić information content (AvgIpc) is 3.10. The van der Waals surface area contributed by atoms with Gasteiger partial charge in [0, 0.05) is 5.92 Å². The van der Waals surface area contributed by atoms with Gasteiger partial charge < -0.3 is 19.9 Å². The SMILES string of the molecule is C=COCNCCCCC(NC(=O)OCC1c2ccccc2-c2ccccc21)C(=O)O. The van der Waals surface area contributed by atoms with Crippen molar-refractivity contribution in [3.05, 3.63) is 72.5 Å². The molecule has 0 saturated carbocycles. The summed E-state index contributed by atoms with van der Waals surface area (Å²) in [6, 6.07) is 15.1. The second-order valence-corrected chi connectivity index (χ2v) is 7.33. The Balaban J connectivity index is 1.49. The fourth-order valence-electron chi connectivity index (χ4n) is 3.83. The van der Waals surface area contributed by atoms with Crippen LogP contribution in [0.5, 0.6) is 0 Å². The number of carbonyl (C=O) groups is 2. The van der Waals surface area contributed by atoms with Crippen molar-refractivity contribution in [1.29, 1.82) is 0 Å². The number of hydrogen-bond acceptors (Lipinski definition) is 5. The zero-order chi connectivity index (χ0) is 22.1. The summed E-state index contributed by atoms with van der Waals surface area (Å²) in [6.45, 7) is 4.65. The van der Waals surface area contributed by atoms with E-state index in [0.29, 0.717) is 26.1 Å². The van der Waals surface area contributed by atoms with Crippen LogP contribution in [0.2, 0.25) is 0 Å². The topological polar surface area (TPSA) is 96.9 Å². The van der Waals surface area contributed by atoms with Crippen molar-refractivity contribution >= 4 is 12.1 Å². The molecule has 1 atom stereocenters. The third kappa shape index (κ3) is 5.86. The van der Waals surface area contributed by atoms with Crippen molar-refractivity contribution in [1.82, 2.24) is 10.6 Å². The van der Waals surface area contributed by atoms with Crippen LogP contribution in [-0.4, -0.2) is 43.1 Å². The van der Waals surface area contributed by atoms with Gasteiger partial charge in [-0.05, 0) is 48.1 Å². The molecule has 0 radical (unpaired) electrons. The van der Waals surface area contributed by atoms with Gasteiger partial charge in [0.15, 0.2) is 0 Å². The summed E-state index contributed by atoms with van der Waals surface area (Å²) < 4.78 is 10.4. The largest absolute Gasteiger partial charge is 0.487 e. The molecule has 3 N–H and O–H groups in total. The van der Waals surface area contributed by atoms with Gasteiger partial charge in [-0.1, -0.05) is 55.1 Å². The number of rotatable bonds is 12. The molecule has 0 fully saturated rings. The molecule has 1 amide bonds. The number of aliphatic carboxylic acids is 1. The van der Waals surface area contributed by atoms with E-state index in [9.17, 15) is 14.7 Å². The number of hydrogen-bond donors (Lipinski definition) is 3. The molecule has 164 valence electrons. The van der Waals surface area contributed by atoms with Crippen LogP contribution in [0.3, 0.4) is 0 Å². The maximum absolute atomic E-state index is 12.3. The zero-order valence-corrected chi connectivity index (χ0v) is 17.4. The van der Waals surface area contributed by atoms with Gasteiger partial charge in [-0.2, -0.15) is 0 Å². The molecule has 2 aromatic carbocycles. The van der Waals surface area contributed by atoms with Gasteiger partial charge in [0.1, 0.15) is 19.4 Å². The first-order valence-corrected chi connectivity index (χ1v) is 10.4. The number of unbranched alkanes of at least 4 members (excludes halogenated alkanes) is 1. The monoisotopic (exact) mass is 424 g/mol. The highest BCUT2D eigenvalue weighted by atomic mass is 16.5. The molecule has 3 rings (SSSR count). The van der Waals surface area contributed by atoms with Crippen molar-refractivity contribution in [3.8, 4) is 11.1 Å². The third-order valence-corrected chi connectivity index (χ3v) is 5.33. The molecule has 0 heterocycles. The van der Waals surface area contributed by atoms with Crippen molar-refractivity contribution < 1.29 is 24.2 Å². The first-order valence-electron chi connectivity index (χ1n) is 10.4. The smallest absolute Gasteiger partial charge is 0.407 e. The van der Waals surface area contributed by atoms with Gasteiger partial charge >= 0.3 is 12.1 Å². The quantitative estimate of drug-likeness (QED) is 0.272. The Hall–Kier alpha value is -3.32. The summed E-state index contributed by atoms with van der Waals surface area (Å²) in [5, 5.41) is 14.9. The highest BCUT2D eigenvalue weighted by Gasteiger charge is 2.29. The maximum Gasteiger partial charge on any atom is 0.407 e. The average molecular weight is 424 g/mol. The molecule has 0 spiro atoms. The van der Waals surface area contributed by atoms with Gasteiger partial charge in [-0.25, -0.2) is 9.59 Å². The van der Waals surface area contributed by atoms with Crippen molar-refractivity contribution in [2.75, 3.05) is 19.9 Å². The van der Waals surface area contributed by atoms with Gasteiger partial charge in [-0.3, -0.25) is 5.32 Å². The molecule has 0 bridgehead atoms. The van der Waals surface area contributed by atoms with Crippen LogP contribution in [0, 0.1) is 0 Å². The predicted octanol–water partition coefficient (Wildman–Crippen LogP) is 3.86. The van der Waals surface area contributed by atoms with Crippen LogP contribution >= 0.6 is 0 Å². The van der Waals surface area contributed by atoms with E-state index in [1.165, 1.54) is 6.26 Å². The molecule has 1 unspecified atom stereocenters. The molecule has 2 aromatic rings. The molecule has 7 nitrogen and oxygen atoms in total. The van der Waals surface area contributed by atoms with Gasteiger partial charge in [0.25, 0.3) is 0 Å². The predicted molar refractivity (Wildman–Crippen MR) is 118 cm³/mol. The highest BCUT2D eigenvalue weighted by molar-refractivity contribution is 5.81. The lowest BCUT2D eigenvalue weighted by Gasteiger charge is -2.17. The fourth-order valence-corrected chi connectivity index (χ4v) is 3.83. The van der Waals surface area contributed by atoms with Crippen molar-refractivity contribution in [2.24, 2.45) is 0 Å². The molecule has 7 heteroatoms. The third-order valence-electron chi connectivity index (χ3n) is 5.33. The number of ether oxygens (including phenoxy) is 2. The zero-order valence-electron chi connectivity index (χ0n) is 17.4. The van der Waals surface area contributed by atoms with E-state index < -0.39 is 18.1 Å². The molecular weight excluding hydrogens is 396 g/mol. The van der Waals surface area contributed by atoms with E-state index in [1.807, 2.05) is 36.4 Å². The summed E-state index contributed by atoms with van der Waals surface area (Å²) in [5.41, 5.74) is 4.50. The molecule has 0 aliphatic heterocycles. The van der Waals surface area contributed by atoms with Crippen molar-refractivity contribution in [2.45, 2.75) is 31.2 Å². The van der Waals surface area contributed by atoms with Crippen LogP contribution in [0.15, 0.2) is 61.4 Å². The number of carbonyl (C=O) groups excluding carboxylic acids is 1. The highest BCUT2D eigenvalue weighted by Crippen LogP contribution is 2.44. The normalized spacial score (nSPS) is 13.0. The fraction of sp³-hybridized carbons (Fsp3) is 0.333. The van der Waals surface area contributed by atoms with E-state index >= 15 is 0 Å². The van der Waals surface area contributed by atoms with Crippen LogP contribution in [0.25, 0.3) is 11.1 Å². The Labute approximate surface area is 182 Å². The Morgan fingerprint density at radius 3 is 2.32 bits per heavy atom. The number of fused-ring (bicyclic) bond motifs is 3. The Bertz CT molecular complexity index is 869. The standard InChI is InChI=1S/C24H28N2O5/c1-2-30-16-25-14-8-7-13-22(23(27)28)26-24(29)31-15-21-19-11-5-3-9-17(19)18-10-4-6-12-20(18)21/h2-6,9-12,21-22,25H,1,7-8,13-16H2,(H,26,29)(H,27,28). The van der Waals surface area contributed by atoms with E-state index in [1.54, 1.807) is 0 Å². The summed E-state index contributed by atoms with van der Waals surface area (Å²) in [4.78, 5) is 23.8. The summed E-state index contributed by atoms with van der Waals surface area (Å²) in [5.74, 6) is -1.14. The first-order chi connectivity index (χ1) is 15.1. The number of nitrogens with one attached hydrogen (secondary N) is 2. The van der Waals surface area contributed by atoms with Crippen LogP contribution in [0.4, 0.5) is 4.79 Å². The maximum atomic E-state index is 12.3. The minimum Gasteiger partial charge on any atom is -0.487 e. The molecular formula is C24H28N2O5. The second kappa shape index (κ2) is 11.2. The second-order valence-electron chi connectivity index (χ2n) is 7.33. The summed E-state index contributed by atoms with van der Waals surface area (Å²) in [6.07, 6.45) is 2.36. The summed E-state index contributed by atoms with van der Waals surface area (Å²) in [7, 11) is 0. The number of benzene rings is 2. The molecule has 0 aromatic heterocycles. The summed E-state index contributed by atoms with van der Waals surface area (Å²) >= 11 is 0. The minimum absolute atomic E-state index is 0.0645. The molecule has 1 aliphatic rings. The Morgan fingerprint density at radius 1 is 1.06 bits per heavy atom. The lowest BCUT2D eigenvalue weighted by Crippen LogP contribution is -2.41.